The van der Waals surface area contributed by atoms with Crippen LogP contribution in [0, 0.1) is 0 Å². The molecule has 142 valence electrons. The number of nitrogens with one attached hydrogen (secondary N) is 1. The van der Waals surface area contributed by atoms with Crippen LogP contribution < -0.4 is 10.1 Å². The number of Topliss-reactive ketones (excluding diaryl/α,β-unsaturated/α-hetero) is 1. The number of carbonyl (C=O) groups excluding carboxylic acids is 1. The summed E-state index contributed by atoms with van der Waals surface area (Å²) >= 11 is 3.53. The van der Waals surface area contributed by atoms with Gasteiger partial charge in [-0.25, -0.2) is 0 Å². The standard InChI is InChI=1S/C20H18BrN5O2/c1-12-18(13(2)27)19(26-20(22-12)23-24-25-26)16-10-15(21)8-9-17(16)28-11-14-6-4-3-5-7-14/h3-10,19H,11H2,1-2H3,(H,22,23,25). The molecule has 28 heavy (non-hydrogen) atoms. The van der Waals surface area contributed by atoms with E-state index in [0.29, 0.717) is 23.9 Å². The van der Waals surface area contributed by atoms with E-state index >= 15 is 0 Å². The van der Waals surface area contributed by atoms with Crippen LogP contribution in [-0.2, 0) is 11.4 Å². The van der Waals surface area contributed by atoms with Crippen molar-refractivity contribution in [2.75, 3.05) is 5.32 Å². The summed E-state index contributed by atoms with van der Waals surface area (Å²) in [4.78, 5) is 12.5. The highest BCUT2D eigenvalue weighted by atomic mass is 79.9. The fraction of sp³-hybridized carbons (Fsp3) is 0.200. The van der Waals surface area contributed by atoms with Crippen LogP contribution in [0.2, 0.25) is 0 Å². The summed E-state index contributed by atoms with van der Waals surface area (Å²) in [5.74, 6) is 1.11. The summed E-state index contributed by atoms with van der Waals surface area (Å²) in [6.45, 7) is 3.82. The average Bonchev–Trinajstić information content (AvgIpc) is 3.14. The zero-order chi connectivity index (χ0) is 19.7. The minimum Gasteiger partial charge on any atom is -0.489 e. The van der Waals surface area contributed by atoms with E-state index in [-0.39, 0.29) is 5.78 Å². The second-order valence-electron chi connectivity index (χ2n) is 6.53. The molecule has 2 aromatic carbocycles. The molecule has 2 heterocycles. The van der Waals surface area contributed by atoms with Gasteiger partial charge in [0.05, 0.1) is 0 Å². The smallest absolute Gasteiger partial charge is 0.248 e. The van der Waals surface area contributed by atoms with E-state index in [0.717, 1.165) is 21.3 Å². The molecule has 1 aliphatic heterocycles. The lowest BCUT2D eigenvalue weighted by atomic mass is 9.92. The van der Waals surface area contributed by atoms with Gasteiger partial charge in [0.15, 0.2) is 5.78 Å². The van der Waals surface area contributed by atoms with Gasteiger partial charge >= 0.3 is 0 Å². The van der Waals surface area contributed by atoms with Crippen LogP contribution in [-0.4, -0.2) is 26.0 Å². The molecule has 0 spiro atoms. The van der Waals surface area contributed by atoms with Gasteiger partial charge in [-0.1, -0.05) is 51.4 Å². The highest BCUT2D eigenvalue weighted by molar-refractivity contribution is 9.10. The first kappa shape index (κ1) is 18.4. The molecule has 3 aromatic rings. The first-order chi connectivity index (χ1) is 13.5. The number of ketones is 1. The third-order valence-corrected chi connectivity index (χ3v) is 5.09. The number of nitrogens with zero attached hydrogens (tertiary/aromatic N) is 4. The van der Waals surface area contributed by atoms with Crippen molar-refractivity contribution in [3.8, 4) is 5.75 Å². The van der Waals surface area contributed by atoms with E-state index in [1.54, 1.807) is 11.6 Å². The number of fused-ring (bicyclic) bond motifs is 1. The molecule has 0 bridgehead atoms. The molecule has 1 unspecified atom stereocenters. The Labute approximate surface area is 170 Å². The molecular formula is C20H18BrN5O2. The highest BCUT2D eigenvalue weighted by Crippen LogP contribution is 2.40. The number of ether oxygens (including phenoxy) is 1. The summed E-state index contributed by atoms with van der Waals surface area (Å²) in [5, 5.41) is 15.0. The summed E-state index contributed by atoms with van der Waals surface area (Å²) in [5.41, 5.74) is 3.20. The predicted octanol–water partition coefficient (Wildman–Crippen LogP) is 3.89. The minimum absolute atomic E-state index is 0.0508. The van der Waals surface area contributed by atoms with E-state index in [1.165, 1.54) is 0 Å². The lowest BCUT2D eigenvalue weighted by molar-refractivity contribution is -0.114. The SMILES string of the molecule is CC(=O)C1=C(C)Nc2nnnn2C1c1cc(Br)ccc1OCc1ccccc1. The Morgan fingerprint density at radius 3 is 2.79 bits per heavy atom. The van der Waals surface area contributed by atoms with Gasteiger partial charge in [0.25, 0.3) is 0 Å². The van der Waals surface area contributed by atoms with Crippen LogP contribution in [0.25, 0.3) is 0 Å². The number of hydrogen-bond donors (Lipinski definition) is 1. The van der Waals surface area contributed by atoms with Crippen molar-refractivity contribution in [1.82, 2.24) is 20.2 Å². The molecule has 1 aliphatic rings. The molecule has 1 aromatic heterocycles. The lowest BCUT2D eigenvalue weighted by Gasteiger charge is -2.28. The van der Waals surface area contributed by atoms with Gasteiger partial charge < -0.3 is 10.1 Å². The Morgan fingerprint density at radius 2 is 2.04 bits per heavy atom. The molecule has 0 aliphatic carbocycles. The molecule has 0 saturated heterocycles. The van der Waals surface area contributed by atoms with Crippen LogP contribution in [0.5, 0.6) is 5.75 Å². The molecule has 1 atom stereocenters. The van der Waals surface area contributed by atoms with Gasteiger partial charge in [-0.05, 0) is 48.0 Å². The van der Waals surface area contributed by atoms with Gasteiger partial charge in [0, 0.05) is 21.3 Å². The molecule has 0 saturated carbocycles. The number of carbonyl (C=O) groups is 1. The van der Waals surface area contributed by atoms with Crippen molar-refractivity contribution in [2.24, 2.45) is 0 Å². The largest absolute Gasteiger partial charge is 0.489 e. The maximum Gasteiger partial charge on any atom is 0.248 e. The molecule has 0 fully saturated rings. The number of benzene rings is 2. The summed E-state index contributed by atoms with van der Waals surface area (Å²) in [6.07, 6.45) is 0. The van der Waals surface area contributed by atoms with Gasteiger partial charge in [-0.3, -0.25) is 4.79 Å². The summed E-state index contributed by atoms with van der Waals surface area (Å²) < 4.78 is 8.62. The number of anilines is 1. The Hall–Kier alpha value is -3.00. The van der Waals surface area contributed by atoms with Crippen molar-refractivity contribution in [3.05, 3.63) is 75.4 Å². The maximum absolute atomic E-state index is 12.5. The lowest BCUT2D eigenvalue weighted by Crippen LogP contribution is -2.28. The van der Waals surface area contributed by atoms with Crippen molar-refractivity contribution < 1.29 is 9.53 Å². The topological polar surface area (TPSA) is 81.9 Å². The molecular weight excluding hydrogens is 422 g/mol. The molecule has 4 rings (SSSR count). The van der Waals surface area contributed by atoms with Crippen molar-refractivity contribution in [2.45, 2.75) is 26.5 Å². The maximum atomic E-state index is 12.5. The first-order valence-electron chi connectivity index (χ1n) is 8.77. The average molecular weight is 440 g/mol. The number of aromatic nitrogens is 4. The minimum atomic E-state index is -0.480. The number of allylic oxidation sites excluding steroid dienone is 2. The van der Waals surface area contributed by atoms with E-state index in [9.17, 15) is 4.79 Å². The van der Waals surface area contributed by atoms with Crippen LogP contribution in [0.3, 0.4) is 0 Å². The highest BCUT2D eigenvalue weighted by Gasteiger charge is 2.34. The quantitative estimate of drug-likeness (QED) is 0.649. The number of tetrazole rings is 1. The molecule has 0 radical (unpaired) electrons. The third-order valence-electron chi connectivity index (χ3n) is 4.60. The second-order valence-corrected chi connectivity index (χ2v) is 7.44. The fourth-order valence-electron chi connectivity index (χ4n) is 3.36. The third kappa shape index (κ3) is 3.43. The van der Waals surface area contributed by atoms with Crippen LogP contribution in [0.15, 0.2) is 64.3 Å². The zero-order valence-corrected chi connectivity index (χ0v) is 17.0. The van der Waals surface area contributed by atoms with Crippen molar-refractivity contribution in [3.63, 3.8) is 0 Å². The number of hydrogen-bond acceptors (Lipinski definition) is 6. The Kier molecular flexibility index (Phi) is 4.95. The first-order valence-corrected chi connectivity index (χ1v) is 9.56. The Balaban J connectivity index is 1.79. The van der Waals surface area contributed by atoms with Gasteiger partial charge in [0.1, 0.15) is 18.4 Å². The Morgan fingerprint density at radius 1 is 1.25 bits per heavy atom. The molecule has 1 N–H and O–H groups in total. The van der Waals surface area contributed by atoms with Crippen LogP contribution >= 0.6 is 15.9 Å². The molecule has 8 heteroatoms. The fourth-order valence-corrected chi connectivity index (χ4v) is 3.73. The number of rotatable bonds is 5. The molecule has 7 nitrogen and oxygen atoms in total. The van der Waals surface area contributed by atoms with Crippen molar-refractivity contribution >= 4 is 27.7 Å². The van der Waals surface area contributed by atoms with E-state index in [4.69, 9.17) is 4.74 Å². The van der Waals surface area contributed by atoms with E-state index in [1.807, 2.05) is 55.5 Å². The second kappa shape index (κ2) is 7.55. The zero-order valence-electron chi connectivity index (χ0n) is 15.4. The van der Waals surface area contributed by atoms with Gasteiger partial charge in [-0.2, -0.15) is 4.68 Å². The van der Waals surface area contributed by atoms with E-state index < -0.39 is 6.04 Å². The van der Waals surface area contributed by atoms with Crippen LogP contribution in [0.1, 0.15) is 31.0 Å². The van der Waals surface area contributed by atoms with Gasteiger partial charge in [-0.15, -0.1) is 0 Å². The van der Waals surface area contributed by atoms with Crippen molar-refractivity contribution in [1.29, 1.82) is 0 Å². The summed E-state index contributed by atoms with van der Waals surface area (Å²) in [6, 6.07) is 15.2. The normalized spacial score (nSPS) is 15.8. The van der Waals surface area contributed by atoms with Crippen LogP contribution in [0.4, 0.5) is 5.95 Å². The monoisotopic (exact) mass is 439 g/mol. The number of halogens is 1. The summed E-state index contributed by atoms with van der Waals surface area (Å²) in [7, 11) is 0. The predicted molar refractivity (Wildman–Crippen MR) is 108 cm³/mol. The van der Waals surface area contributed by atoms with E-state index in [2.05, 4.69) is 36.8 Å². The van der Waals surface area contributed by atoms with Gasteiger partial charge in [0.2, 0.25) is 5.95 Å². The Bertz CT molecular complexity index is 1060. The molecule has 0 amide bonds.